The predicted molar refractivity (Wildman–Crippen MR) is 76.0 cm³/mol. The molecule has 2 rings (SSSR count). The van der Waals surface area contributed by atoms with Crippen LogP contribution in [0.1, 0.15) is 5.69 Å². The number of nitro groups is 1. The molecule has 0 spiro atoms. The van der Waals surface area contributed by atoms with E-state index in [0.717, 1.165) is 0 Å². The number of hydrogen-bond acceptors (Lipinski definition) is 7. The molecular formula is C11H11ClN6O2. The highest BCUT2D eigenvalue weighted by Gasteiger charge is 2.22. The highest BCUT2D eigenvalue weighted by Crippen LogP contribution is 2.31. The zero-order valence-corrected chi connectivity index (χ0v) is 11.2. The van der Waals surface area contributed by atoms with Crippen molar-refractivity contribution in [3.63, 3.8) is 0 Å². The quantitative estimate of drug-likeness (QED) is 0.450. The van der Waals surface area contributed by atoms with Crippen molar-refractivity contribution in [2.24, 2.45) is 5.84 Å². The minimum Gasteiger partial charge on any atom is -0.333 e. The Morgan fingerprint density at radius 2 is 2.05 bits per heavy atom. The molecule has 1 aromatic heterocycles. The molecule has 0 saturated heterocycles. The largest absolute Gasteiger partial charge is 0.333 e. The highest BCUT2D eigenvalue weighted by molar-refractivity contribution is 6.33. The molecule has 0 atom stereocenters. The lowest BCUT2D eigenvalue weighted by molar-refractivity contribution is -0.385. The Hall–Kier alpha value is -2.45. The number of nitrogens with two attached hydrogens (primary N) is 1. The van der Waals surface area contributed by atoms with Crippen molar-refractivity contribution < 1.29 is 4.92 Å². The van der Waals surface area contributed by atoms with Crippen LogP contribution >= 0.6 is 11.6 Å². The van der Waals surface area contributed by atoms with Gasteiger partial charge >= 0.3 is 5.69 Å². The zero-order valence-electron chi connectivity index (χ0n) is 10.4. The van der Waals surface area contributed by atoms with Gasteiger partial charge in [0.05, 0.1) is 15.6 Å². The molecule has 0 fully saturated rings. The Morgan fingerprint density at radius 1 is 1.35 bits per heavy atom. The molecule has 0 aliphatic rings. The van der Waals surface area contributed by atoms with Gasteiger partial charge in [-0.15, -0.1) is 0 Å². The van der Waals surface area contributed by atoms with Gasteiger partial charge in [0.1, 0.15) is 5.69 Å². The van der Waals surface area contributed by atoms with Crippen LogP contribution in [0.3, 0.4) is 0 Å². The van der Waals surface area contributed by atoms with Crippen molar-refractivity contribution in [3.8, 4) is 0 Å². The number of hydrogen-bond donors (Lipinski definition) is 3. The molecule has 0 aliphatic heterocycles. The molecule has 8 nitrogen and oxygen atoms in total. The first kappa shape index (κ1) is 14.0. The van der Waals surface area contributed by atoms with E-state index in [1.54, 1.807) is 24.3 Å². The fourth-order valence-corrected chi connectivity index (χ4v) is 1.81. The third-order valence-corrected chi connectivity index (χ3v) is 2.83. The molecule has 0 aliphatic carbocycles. The number of aromatic nitrogens is 2. The maximum atomic E-state index is 11.1. The summed E-state index contributed by atoms with van der Waals surface area (Å²) >= 11 is 6.00. The standard InChI is InChI=1S/C11H11ClN6O2/c1-6-9(18(19)20)10(16-11(14-6)17-13)15-8-5-3-2-4-7(8)12/h2-5H,13H2,1H3,(H2,14,15,16,17). The van der Waals surface area contributed by atoms with Crippen LogP contribution in [-0.2, 0) is 0 Å². The molecule has 0 unspecified atom stereocenters. The van der Waals surface area contributed by atoms with Crippen LogP contribution in [0.5, 0.6) is 0 Å². The molecule has 20 heavy (non-hydrogen) atoms. The lowest BCUT2D eigenvalue weighted by Gasteiger charge is -2.10. The fourth-order valence-electron chi connectivity index (χ4n) is 1.63. The second-order valence-electron chi connectivity index (χ2n) is 3.84. The lowest BCUT2D eigenvalue weighted by Crippen LogP contribution is -2.13. The van der Waals surface area contributed by atoms with Crippen molar-refractivity contribution in [2.75, 3.05) is 10.7 Å². The van der Waals surface area contributed by atoms with E-state index in [9.17, 15) is 10.1 Å². The number of nitrogen functional groups attached to an aromatic ring is 1. The maximum absolute atomic E-state index is 11.1. The number of hydrazine groups is 1. The van der Waals surface area contributed by atoms with Crippen LogP contribution in [0.4, 0.5) is 23.1 Å². The number of rotatable bonds is 4. The third-order valence-electron chi connectivity index (χ3n) is 2.50. The Labute approximate surface area is 119 Å². The Balaban J connectivity index is 2.52. The number of nitrogens with zero attached hydrogens (tertiary/aromatic N) is 3. The summed E-state index contributed by atoms with van der Waals surface area (Å²) in [4.78, 5) is 18.4. The van der Waals surface area contributed by atoms with Crippen molar-refractivity contribution in [2.45, 2.75) is 6.92 Å². The Kier molecular flexibility index (Phi) is 3.97. The topological polar surface area (TPSA) is 119 Å². The summed E-state index contributed by atoms with van der Waals surface area (Å²) in [5, 5.41) is 14.4. The van der Waals surface area contributed by atoms with Gasteiger partial charge < -0.3 is 5.32 Å². The minimum absolute atomic E-state index is 0.0172. The number of para-hydroxylation sites is 1. The fraction of sp³-hybridized carbons (Fsp3) is 0.0909. The summed E-state index contributed by atoms with van der Waals surface area (Å²) in [5.41, 5.74) is 2.71. The molecule has 0 bridgehead atoms. The van der Waals surface area contributed by atoms with Gasteiger partial charge in [-0.05, 0) is 19.1 Å². The summed E-state index contributed by atoms with van der Waals surface area (Å²) in [5.74, 6) is 5.33. The highest BCUT2D eigenvalue weighted by atomic mass is 35.5. The Bertz CT molecular complexity index is 663. The number of anilines is 3. The molecule has 4 N–H and O–H groups in total. The van der Waals surface area contributed by atoms with E-state index in [4.69, 9.17) is 17.4 Å². The van der Waals surface area contributed by atoms with Gasteiger partial charge in [0.25, 0.3) is 0 Å². The van der Waals surface area contributed by atoms with Gasteiger partial charge in [-0.2, -0.15) is 4.98 Å². The molecule has 9 heteroatoms. The summed E-state index contributed by atoms with van der Waals surface area (Å²) < 4.78 is 0. The third kappa shape index (κ3) is 2.76. The van der Waals surface area contributed by atoms with E-state index < -0.39 is 4.92 Å². The van der Waals surface area contributed by atoms with E-state index in [1.165, 1.54) is 6.92 Å². The Morgan fingerprint density at radius 3 is 2.65 bits per heavy atom. The van der Waals surface area contributed by atoms with E-state index in [-0.39, 0.29) is 23.1 Å². The van der Waals surface area contributed by atoms with Crippen molar-refractivity contribution in [1.82, 2.24) is 9.97 Å². The number of nitrogens with one attached hydrogen (secondary N) is 2. The number of halogens is 1. The molecule has 104 valence electrons. The summed E-state index contributed by atoms with van der Waals surface area (Å²) in [6.07, 6.45) is 0. The smallest absolute Gasteiger partial charge is 0.332 e. The van der Waals surface area contributed by atoms with E-state index in [1.807, 2.05) is 0 Å². The molecule has 1 heterocycles. The molecule has 0 radical (unpaired) electrons. The van der Waals surface area contributed by atoms with Crippen molar-refractivity contribution in [3.05, 3.63) is 45.1 Å². The van der Waals surface area contributed by atoms with E-state index >= 15 is 0 Å². The predicted octanol–water partition coefficient (Wildman–Crippen LogP) is 2.38. The first-order valence-corrected chi connectivity index (χ1v) is 5.92. The molecule has 0 amide bonds. The SMILES string of the molecule is Cc1nc(NN)nc(Nc2ccccc2Cl)c1[N+](=O)[O-]. The van der Waals surface area contributed by atoms with Crippen LogP contribution in [0, 0.1) is 17.0 Å². The average Bonchev–Trinajstić information content (AvgIpc) is 2.40. The first-order valence-electron chi connectivity index (χ1n) is 5.54. The minimum atomic E-state index is -0.561. The molecule has 1 aromatic carbocycles. The van der Waals surface area contributed by atoms with E-state index in [2.05, 4.69) is 20.7 Å². The van der Waals surface area contributed by atoms with Gasteiger partial charge in [0.2, 0.25) is 11.8 Å². The van der Waals surface area contributed by atoms with Crippen molar-refractivity contribution in [1.29, 1.82) is 0 Å². The molecule has 0 saturated carbocycles. The summed E-state index contributed by atoms with van der Waals surface area (Å²) in [6.45, 7) is 1.50. The van der Waals surface area contributed by atoms with Crippen LogP contribution < -0.4 is 16.6 Å². The second-order valence-corrected chi connectivity index (χ2v) is 4.24. The van der Waals surface area contributed by atoms with Crippen LogP contribution in [0.2, 0.25) is 5.02 Å². The maximum Gasteiger partial charge on any atom is 0.332 e. The normalized spacial score (nSPS) is 10.2. The molecule has 2 aromatic rings. The van der Waals surface area contributed by atoms with Gasteiger partial charge in [-0.3, -0.25) is 15.5 Å². The number of benzene rings is 1. The first-order chi connectivity index (χ1) is 9.52. The van der Waals surface area contributed by atoms with Crippen LogP contribution in [-0.4, -0.2) is 14.9 Å². The van der Waals surface area contributed by atoms with Crippen LogP contribution in [0.25, 0.3) is 0 Å². The van der Waals surface area contributed by atoms with E-state index in [0.29, 0.717) is 10.7 Å². The van der Waals surface area contributed by atoms with Gasteiger partial charge in [-0.25, -0.2) is 10.8 Å². The second kappa shape index (κ2) is 5.68. The van der Waals surface area contributed by atoms with Gasteiger partial charge in [-0.1, -0.05) is 23.7 Å². The van der Waals surface area contributed by atoms with Gasteiger partial charge in [0.15, 0.2) is 0 Å². The van der Waals surface area contributed by atoms with Crippen LogP contribution in [0.15, 0.2) is 24.3 Å². The van der Waals surface area contributed by atoms with Crippen molar-refractivity contribution >= 4 is 34.7 Å². The zero-order chi connectivity index (χ0) is 14.7. The average molecular weight is 295 g/mol. The lowest BCUT2D eigenvalue weighted by atomic mass is 10.3. The summed E-state index contributed by atoms with van der Waals surface area (Å²) in [6, 6.07) is 6.83. The number of aryl methyl sites for hydroxylation is 1. The summed E-state index contributed by atoms with van der Waals surface area (Å²) in [7, 11) is 0. The van der Waals surface area contributed by atoms with Gasteiger partial charge in [0, 0.05) is 0 Å². The monoisotopic (exact) mass is 294 g/mol. The molecular weight excluding hydrogens is 284 g/mol.